The van der Waals surface area contributed by atoms with Crippen molar-refractivity contribution < 1.29 is 33.7 Å². The summed E-state index contributed by atoms with van der Waals surface area (Å²) in [7, 11) is 1.00. The maximum atomic E-state index is 12.7. The number of alkyl carbamates (subject to hydrolysis) is 1. The number of nitrogens with two attached hydrogens (primary N) is 1. The number of morpholine rings is 2. The number of hydrogen-bond acceptors (Lipinski definition) is 18. The number of fused-ring (bicyclic) bond motifs is 2. The highest BCUT2D eigenvalue weighted by Crippen LogP contribution is 2.32. The van der Waals surface area contributed by atoms with Gasteiger partial charge in [0.1, 0.15) is 52.8 Å². The van der Waals surface area contributed by atoms with Crippen molar-refractivity contribution in [3.05, 3.63) is 110 Å². The van der Waals surface area contributed by atoms with Crippen LogP contribution in [0.4, 0.5) is 60.4 Å². The Hall–Kier alpha value is -9.17. The topological polar surface area (TPSA) is 307 Å². The SMILES string of the molecule is CC(C)(C)OC(=O)NC1CN(c2ccnc(NC(=O)Nc3ccc(-c4cc5c(N6CCOCC6)ncnc5[nH]4)cc3)c2)C1.CO.NC1CN(c2ccnc(NC(=O)Nc3ccc(-c4cc5c(N6CCOCC6)ncnc5[nH]4)cc3)c2)C1. The third-order valence-corrected chi connectivity index (χ3v) is 13.6. The first-order valence-corrected chi connectivity index (χ1v) is 26.6. The van der Waals surface area contributed by atoms with Gasteiger partial charge in [0.2, 0.25) is 0 Å². The quantitative estimate of drug-likeness (QED) is 0.0670. The first kappa shape index (κ1) is 55.2. The van der Waals surface area contributed by atoms with Crippen molar-refractivity contribution >= 4 is 86.2 Å². The van der Waals surface area contributed by atoms with Crippen LogP contribution in [0.25, 0.3) is 44.6 Å². The number of rotatable bonds is 11. The smallest absolute Gasteiger partial charge is 0.407 e. The molecule has 8 aromatic rings. The van der Waals surface area contributed by atoms with Crippen LogP contribution in [0.2, 0.25) is 0 Å². The molecule has 25 nitrogen and oxygen atoms in total. The molecule has 422 valence electrons. The Labute approximate surface area is 467 Å². The maximum Gasteiger partial charge on any atom is 0.407 e. The Morgan fingerprint density at radius 2 is 1.01 bits per heavy atom. The highest BCUT2D eigenvalue weighted by Gasteiger charge is 2.31. The lowest BCUT2D eigenvalue weighted by atomic mass is 10.1. The fourth-order valence-corrected chi connectivity index (χ4v) is 9.59. The van der Waals surface area contributed by atoms with Gasteiger partial charge >= 0.3 is 18.2 Å². The number of benzene rings is 2. The molecule has 10 N–H and O–H groups in total. The van der Waals surface area contributed by atoms with E-state index in [2.05, 4.69) is 98.2 Å². The minimum Gasteiger partial charge on any atom is -0.444 e. The molecule has 4 fully saturated rings. The number of anilines is 8. The molecule has 4 aliphatic heterocycles. The number of aliphatic hydroxyl groups is 1. The summed E-state index contributed by atoms with van der Waals surface area (Å²) in [6.45, 7) is 14.3. The second-order valence-electron chi connectivity index (χ2n) is 20.5. The molecule has 4 saturated heterocycles. The van der Waals surface area contributed by atoms with E-state index in [0.29, 0.717) is 62.5 Å². The van der Waals surface area contributed by atoms with Gasteiger partial charge in [0, 0.05) is 124 Å². The molecule has 12 rings (SSSR count). The fraction of sp³-hybridized carbons (Fsp3) is 0.339. The van der Waals surface area contributed by atoms with Crippen LogP contribution in [0.5, 0.6) is 0 Å². The second kappa shape index (κ2) is 24.9. The number of hydrogen-bond donors (Lipinski definition) is 9. The summed E-state index contributed by atoms with van der Waals surface area (Å²) in [5.74, 6) is 2.72. The monoisotopic (exact) mass is 1100 g/mol. The first-order chi connectivity index (χ1) is 39.3. The molecule has 2 aromatic carbocycles. The number of amides is 5. The van der Waals surface area contributed by atoms with Gasteiger partial charge in [-0.3, -0.25) is 10.6 Å². The van der Waals surface area contributed by atoms with Crippen molar-refractivity contribution in [1.82, 2.24) is 45.2 Å². The molecule has 0 aliphatic carbocycles. The molecule has 0 unspecified atom stereocenters. The molecule has 0 bridgehead atoms. The highest BCUT2D eigenvalue weighted by atomic mass is 16.6. The van der Waals surface area contributed by atoms with E-state index >= 15 is 0 Å². The minimum atomic E-state index is -0.539. The largest absolute Gasteiger partial charge is 0.444 e. The fourth-order valence-electron chi connectivity index (χ4n) is 9.59. The molecule has 0 radical (unpaired) electrons. The van der Waals surface area contributed by atoms with E-state index in [1.54, 1.807) is 31.1 Å². The van der Waals surface area contributed by atoms with Gasteiger partial charge in [0.25, 0.3) is 0 Å². The number of nitrogens with zero attached hydrogens (tertiary/aromatic N) is 10. The summed E-state index contributed by atoms with van der Waals surface area (Å²) >= 11 is 0. The molecule has 0 saturated carbocycles. The van der Waals surface area contributed by atoms with Crippen LogP contribution in [0.1, 0.15) is 20.8 Å². The van der Waals surface area contributed by atoms with Crippen LogP contribution < -0.4 is 51.9 Å². The van der Waals surface area contributed by atoms with Gasteiger partial charge in [-0.1, -0.05) is 24.3 Å². The van der Waals surface area contributed by atoms with E-state index in [4.69, 9.17) is 25.1 Å². The summed E-state index contributed by atoms with van der Waals surface area (Å²) in [5, 5.41) is 23.1. The van der Waals surface area contributed by atoms with Crippen LogP contribution >= 0.6 is 0 Å². The lowest BCUT2D eigenvalue weighted by Gasteiger charge is -2.41. The number of aliphatic hydroxyl groups excluding tert-OH is 1. The molecule has 81 heavy (non-hydrogen) atoms. The molecule has 0 atom stereocenters. The number of H-pyrrole nitrogens is 2. The number of carbonyl (C=O) groups is 3. The zero-order chi connectivity index (χ0) is 56.5. The lowest BCUT2D eigenvalue weighted by molar-refractivity contribution is 0.0496. The van der Waals surface area contributed by atoms with Gasteiger partial charge in [-0.2, -0.15) is 0 Å². The first-order valence-electron chi connectivity index (χ1n) is 26.6. The van der Waals surface area contributed by atoms with Gasteiger partial charge in [-0.25, -0.2) is 44.3 Å². The molecule has 4 aliphatic rings. The van der Waals surface area contributed by atoms with Crippen molar-refractivity contribution in [3.63, 3.8) is 0 Å². The molecular weight excluding hydrogens is 1040 g/mol. The Morgan fingerprint density at radius 1 is 0.580 bits per heavy atom. The van der Waals surface area contributed by atoms with Gasteiger partial charge in [-0.15, -0.1) is 0 Å². The number of aromatic amines is 2. The molecule has 6 aromatic heterocycles. The zero-order valence-electron chi connectivity index (χ0n) is 45.5. The second-order valence-corrected chi connectivity index (χ2v) is 20.5. The van der Waals surface area contributed by atoms with Crippen LogP contribution in [0.15, 0.2) is 110 Å². The van der Waals surface area contributed by atoms with E-state index < -0.39 is 17.7 Å². The van der Waals surface area contributed by atoms with Gasteiger partial charge in [0.15, 0.2) is 0 Å². The van der Waals surface area contributed by atoms with Crippen LogP contribution in [-0.4, -0.2) is 167 Å². The van der Waals surface area contributed by atoms with Crippen molar-refractivity contribution in [3.8, 4) is 22.5 Å². The van der Waals surface area contributed by atoms with E-state index in [1.807, 2.05) is 87.5 Å². The average Bonchev–Trinajstić information content (AvgIpc) is 4.13. The predicted octanol–water partition coefficient (Wildman–Crippen LogP) is 6.47. The zero-order valence-corrected chi connectivity index (χ0v) is 45.5. The van der Waals surface area contributed by atoms with Crippen molar-refractivity contribution in [1.29, 1.82) is 0 Å². The molecule has 25 heteroatoms. The number of carbonyl (C=O) groups excluding carboxylic acids is 3. The molecule has 10 heterocycles. The van der Waals surface area contributed by atoms with Crippen molar-refractivity contribution in [2.75, 3.05) is 127 Å². The summed E-state index contributed by atoms with van der Waals surface area (Å²) in [4.78, 5) is 79.0. The number of ether oxygens (including phenoxy) is 3. The normalized spacial score (nSPS) is 15.5. The molecule has 5 amide bonds. The van der Waals surface area contributed by atoms with Crippen molar-refractivity contribution in [2.24, 2.45) is 5.73 Å². The van der Waals surface area contributed by atoms with E-state index in [0.717, 1.165) is 114 Å². The van der Waals surface area contributed by atoms with Crippen LogP contribution in [0, 0.1) is 0 Å². The third-order valence-electron chi connectivity index (χ3n) is 13.6. The summed E-state index contributed by atoms with van der Waals surface area (Å²) in [6.07, 6.45) is 6.06. The molecular formula is C56H66N18O7. The summed E-state index contributed by atoms with van der Waals surface area (Å²) < 4.78 is 16.3. The lowest BCUT2D eigenvalue weighted by Crippen LogP contribution is -2.60. The molecule has 0 spiro atoms. The van der Waals surface area contributed by atoms with E-state index in [-0.39, 0.29) is 18.1 Å². The van der Waals surface area contributed by atoms with Crippen LogP contribution in [0.3, 0.4) is 0 Å². The Kier molecular flexibility index (Phi) is 16.9. The Balaban J connectivity index is 0.000000179. The highest BCUT2D eigenvalue weighted by molar-refractivity contribution is 6.01. The average molecular weight is 1100 g/mol. The number of aromatic nitrogens is 8. The Morgan fingerprint density at radius 3 is 1.43 bits per heavy atom. The number of urea groups is 2. The summed E-state index contributed by atoms with van der Waals surface area (Å²) in [6, 6.07) is 26.2. The Bertz CT molecular complexity index is 3440. The van der Waals surface area contributed by atoms with Gasteiger partial charge in [0.05, 0.1) is 43.2 Å². The van der Waals surface area contributed by atoms with E-state index in [1.165, 1.54) is 0 Å². The third kappa shape index (κ3) is 13.8. The van der Waals surface area contributed by atoms with Gasteiger partial charge < -0.3 is 70.6 Å². The van der Waals surface area contributed by atoms with Crippen molar-refractivity contribution in [2.45, 2.75) is 38.5 Å². The maximum absolute atomic E-state index is 12.7. The van der Waals surface area contributed by atoms with Gasteiger partial charge in [-0.05, 0) is 80.4 Å². The minimum absolute atomic E-state index is 0.00481. The van der Waals surface area contributed by atoms with E-state index in [9.17, 15) is 14.4 Å². The van der Waals surface area contributed by atoms with Crippen LogP contribution in [-0.2, 0) is 14.2 Å². The number of pyridine rings is 2. The standard InChI is InChI=1S/C30H35N9O4.C25H27N9O2.CH4O/c1-30(2,3)43-29(41)35-21-16-39(17-21)22-8-9-31-25(14-22)37-28(40)34-20-6-4-19(5-7-20)24-15-23-26(36-24)32-18-33-27(23)38-10-12-42-13-11-38;26-17-13-34(14-17)19-5-6-27-22(11-19)32-25(35)30-18-3-1-16(2-4-18)21-12-20-23(31-21)28-15-29-24(20)33-7-9-36-10-8-33;1-2/h4-9,14-15,18,21H,10-13,16-17H2,1-3H3,(H,35,41)(H,32,33,36)(H2,31,34,37,40);1-6,11-12,15,17H,7-10,13-14,26H2,(H,28,29,31)(H2,27,30,32,35);2H,1H3. The summed E-state index contributed by atoms with van der Waals surface area (Å²) in [5.41, 5.74) is 13.9. The predicted molar refractivity (Wildman–Crippen MR) is 312 cm³/mol. The number of nitrogens with one attached hydrogen (secondary N) is 7.